The maximum atomic E-state index is 14.2. The molecule has 108 heavy (non-hydrogen) atoms. The summed E-state index contributed by atoms with van der Waals surface area (Å²) in [5, 5.41) is 19.4. The molecule has 2 bridgehead atoms. The standard InChI is InChI=1S/C53H72N19O31P5/c54-36-3-9-68(49(75)60-36)41-14-27(32(96-41)19-89-104(79,80)94-23-53-7-1-25(2-8-53)66-67-53)101-106(83,84)91-21-34-29(16-43(98-34)70-11-5-38(56)62-51(70)77)103-108(87,88)93-22-35-30(17-44(99-35)71-12-6-39(57)63-52(71)78)102-107(85,86)92-20-33-28(15-42(97-33)69-10-4-37(55)61-50(69)76)100-105(81,82)90-18-31-26(73)13-40(95-31)72-24-59-45-46(72)64-48(58)65-47(45)74/h3-6,9-12,24-35,40-44,73H,1-2,7-8,13-23H2,(H,79,80)(H,81,82)(H,83,84)(H,85,86)(H,87,88)(H2,54,60,75)(H2,55,61,76)(H2,56,62,77)(H2,57,63,78)(H3,58,64,65,74)/t25?,26-,27-,28-,29-,30-,31+,32+,33+,34+,35+,40+,41+,42+,43+,44+,53?/m0/s1. The van der Waals surface area contributed by atoms with Crippen molar-refractivity contribution in [1.82, 2.24) is 57.7 Å². The number of aliphatic hydroxyl groups excluding tert-OH is 1. The summed E-state index contributed by atoms with van der Waals surface area (Å²) in [6, 6.07) is 4.91. The zero-order valence-corrected chi connectivity index (χ0v) is 60.3. The zero-order valence-electron chi connectivity index (χ0n) is 55.9. The average Bonchev–Trinajstić information content (AvgIpc) is 1.39. The number of phosphoric acid groups is 5. The second-order valence-electron chi connectivity index (χ2n) is 25.7. The Balaban J connectivity index is 0.676. The summed E-state index contributed by atoms with van der Waals surface area (Å²) >= 11 is 0. The molecule has 0 aromatic carbocycles. The van der Waals surface area contributed by atoms with Crippen LogP contribution in [-0.2, 0) is 91.7 Å². The van der Waals surface area contributed by atoms with E-state index in [1.54, 1.807) is 0 Å². The topological polar surface area (TPSA) is 703 Å². The number of phosphoric ester groups is 5. The molecule has 14 rings (SSSR count). The molecule has 0 radical (unpaired) electrons. The van der Waals surface area contributed by atoms with E-state index in [1.165, 1.54) is 47.6 Å². The third kappa shape index (κ3) is 18.7. The van der Waals surface area contributed by atoms with Gasteiger partial charge in [0.2, 0.25) is 5.95 Å². The summed E-state index contributed by atoms with van der Waals surface area (Å²) in [6.45, 7) is -5.22. The first kappa shape index (κ1) is 78.9. The fourth-order valence-corrected chi connectivity index (χ4v) is 17.6. The van der Waals surface area contributed by atoms with Gasteiger partial charge in [-0.1, -0.05) is 0 Å². The lowest BCUT2D eigenvalue weighted by Crippen LogP contribution is -2.41. The van der Waals surface area contributed by atoms with Crippen LogP contribution in [0.15, 0.2) is 89.6 Å². The second kappa shape index (κ2) is 31.5. The first-order chi connectivity index (χ1) is 51.0. The highest BCUT2D eigenvalue weighted by Crippen LogP contribution is 2.56. The lowest BCUT2D eigenvalue weighted by molar-refractivity contribution is -0.0649. The normalized spacial score (nSPS) is 31.9. The number of H-pyrrole nitrogens is 1. The van der Waals surface area contributed by atoms with Gasteiger partial charge >= 0.3 is 61.9 Å². The fourth-order valence-electron chi connectivity index (χ4n) is 12.9. The van der Waals surface area contributed by atoms with Crippen molar-refractivity contribution in [3.8, 4) is 0 Å². The van der Waals surface area contributed by atoms with Gasteiger partial charge in [-0.2, -0.15) is 35.1 Å². The van der Waals surface area contributed by atoms with E-state index in [-0.39, 0.29) is 59.5 Å². The molecule has 0 spiro atoms. The number of hydrogen-bond donors (Lipinski definition) is 12. The molecule has 1 saturated carbocycles. The predicted molar refractivity (Wildman–Crippen MR) is 357 cm³/mol. The van der Waals surface area contributed by atoms with Gasteiger partial charge in [0.25, 0.3) is 5.56 Å². The van der Waals surface area contributed by atoms with Crippen molar-refractivity contribution in [2.24, 2.45) is 10.2 Å². The van der Waals surface area contributed by atoms with Crippen LogP contribution in [0.4, 0.5) is 29.2 Å². The number of imidazole rings is 1. The van der Waals surface area contributed by atoms with E-state index in [0.29, 0.717) is 25.7 Å². The van der Waals surface area contributed by atoms with Gasteiger partial charge in [-0.3, -0.25) is 77.9 Å². The predicted octanol–water partition coefficient (Wildman–Crippen LogP) is -0.854. The number of aromatic amines is 1. The molecule has 50 nitrogen and oxygen atoms in total. The van der Waals surface area contributed by atoms with Gasteiger partial charge in [-0.15, -0.1) is 0 Å². The van der Waals surface area contributed by atoms with Crippen molar-refractivity contribution >= 4 is 79.5 Å². The number of azo groups is 1. The first-order valence-electron chi connectivity index (χ1n) is 32.7. The Hall–Kier alpha value is -7.22. The molecule has 8 aliphatic rings. The quantitative estimate of drug-likeness (QED) is 0.0236. The van der Waals surface area contributed by atoms with Crippen LogP contribution in [0.2, 0.25) is 0 Å². The van der Waals surface area contributed by atoms with Crippen molar-refractivity contribution in [3.63, 3.8) is 0 Å². The number of ether oxygens (including phenoxy) is 5. The summed E-state index contributed by atoms with van der Waals surface area (Å²) in [5.41, 5.74) is 23.0. The van der Waals surface area contributed by atoms with Crippen LogP contribution < -0.4 is 57.0 Å². The van der Waals surface area contributed by atoms with Gasteiger partial charge in [0, 0.05) is 56.9 Å². The molecule has 5 unspecified atom stereocenters. The number of hydrogen-bond acceptors (Lipinski definition) is 39. The number of rotatable bonds is 31. The third-order valence-corrected chi connectivity index (χ3v) is 23.2. The minimum atomic E-state index is -5.57. The Morgan fingerprint density at radius 1 is 0.463 bits per heavy atom. The maximum Gasteiger partial charge on any atom is 0.472 e. The minimum absolute atomic E-state index is 0.00368. The molecule has 5 saturated heterocycles. The number of anilines is 5. The number of nitrogens with zero attached hydrogens (tertiary/aromatic N) is 13. The molecule has 20 atom stereocenters. The van der Waals surface area contributed by atoms with Crippen LogP contribution in [0, 0.1) is 0 Å². The molecule has 55 heteroatoms. The molecule has 17 N–H and O–H groups in total. The molecule has 6 fully saturated rings. The molecule has 6 aromatic rings. The van der Waals surface area contributed by atoms with Gasteiger partial charge in [0.1, 0.15) is 115 Å². The van der Waals surface area contributed by atoms with E-state index in [4.69, 9.17) is 97.6 Å². The number of fused-ring (bicyclic) bond motifs is 3. The van der Waals surface area contributed by atoms with Gasteiger partial charge in [0.15, 0.2) is 11.2 Å². The van der Waals surface area contributed by atoms with E-state index in [1.807, 2.05) is 0 Å². The van der Waals surface area contributed by atoms with E-state index >= 15 is 0 Å². The first-order valence-corrected chi connectivity index (χ1v) is 40.2. The number of aliphatic hydroxyl groups is 1. The highest BCUT2D eigenvalue weighted by Gasteiger charge is 2.51. The smallest absolute Gasteiger partial charge is 0.390 e. The summed E-state index contributed by atoms with van der Waals surface area (Å²) < 4.78 is 159. The largest absolute Gasteiger partial charge is 0.472 e. The molecular formula is C53H72N19O31P5. The van der Waals surface area contributed by atoms with Gasteiger partial charge < -0.3 is 81.9 Å². The van der Waals surface area contributed by atoms with Crippen molar-refractivity contribution in [3.05, 3.63) is 108 Å². The van der Waals surface area contributed by atoms with Gasteiger partial charge in [-0.25, -0.2) is 47.0 Å². The molecule has 13 heterocycles. The third-order valence-electron chi connectivity index (χ3n) is 18.2. The number of nitrogen functional groups attached to an aromatic ring is 5. The molecule has 0 amide bonds. The van der Waals surface area contributed by atoms with Crippen LogP contribution >= 0.6 is 39.1 Å². The monoisotopic (exact) mass is 1630 g/mol. The van der Waals surface area contributed by atoms with E-state index < -0.39 is 224 Å². The van der Waals surface area contributed by atoms with E-state index in [9.17, 15) is 76.4 Å². The summed E-state index contributed by atoms with van der Waals surface area (Å²) in [4.78, 5) is 146. The molecule has 7 aliphatic heterocycles. The van der Waals surface area contributed by atoms with E-state index in [2.05, 4.69) is 45.1 Å². The Morgan fingerprint density at radius 2 is 0.796 bits per heavy atom. The Kier molecular flexibility index (Phi) is 23.0. The molecule has 590 valence electrons. The highest BCUT2D eigenvalue weighted by atomic mass is 31.2. The zero-order chi connectivity index (χ0) is 77.0. The SMILES string of the molecule is Nc1ccn([C@H]2C[C@H](OP(=O)(O)OC[C@H]3O[C@@H](n4ccc(N)nc4=O)C[C@@H]3OP(=O)(O)OC[C@H]3O[C@@H](n4ccc(N)nc4=O)C[C@@H]3OP(=O)(O)OC[C@H]3O[C@@H](n4ccc(N)nc4=O)C[C@@H]3OP(=O)(O)OC[C@H]3O[C@@H](n4cnc5c(=O)[nH]c(N)nc54)C[C@@H]3O)[C@@H](COP(=O)(O)OCC34CCC(CC3)N=N4)O2)c(=O)n1. The Labute approximate surface area is 604 Å². The van der Waals surface area contributed by atoms with Crippen molar-refractivity contribution < 1.29 is 121 Å². The minimum Gasteiger partial charge on any atom is -0.390 e. The lowest BCUT2D eigenvalue weighted by atomic mass is 9.79. The highest BCUT2D eigenvalue weighted by molar-refractivity contribution is 7.48. The van der Waals surface area contributed by atoms with Crippen molar-refractivity contribution in [2.75, 3.05) is 68.3 Å². The number of aromatic nitrogens is 12. The van der Waals surface area contributed by atoms with Gasteiger partial charge in [0.05, 0.1) is 58.1 Å². The van der Waals surface area contributed by atoms with E-state index in [0.717, 1.165) is 30.7 Å². The van der Waals surface area contributed by atoms with Crippen molar-refractivity contribution in [2.45, 2.75) is 162 Å². The van der Waals surface area contributed by atoms with Crippen molar-refractivity contribution in [1.29, 1.82) is 0 Å². The second-order valence-corrected chi connectivity index (χ2v) is 32.8. The summed E-state index contributed by atoms with van der Waals surface area (Å²) in [5.74, 6) is -1.05. The molecule has 6 aromatic heterocycles. The van der Waals surface area contributed by atoms with Crippen LogP contribution in [0.25, 0.3) is 11.2 Å². The lowest BCUT2D eigenvalue weighted by Gasteiger charge is -2.39. The Morgan fingerprint density at radius 3 is 1.14 bits per heavy atom. The van der Waals surface area contributed by atoms with Crippen LogP contribution in [-0.4, -0.2) is 200 Å². The van der Waals surface area contributed by atoms with Crippen LogP contribution in [0.1, 0.15) is 88.9 Å². The van der Waals surface area contributed by atoms with Crippen LogP contribution in [0.5, 0.6) is 0 Å². The average molecular weight is 1630 g/mol. The van der Waals surface area contributed by atoms with Crippen LogP contribution in [0.3, 0.4) is 0 Å². The summed E-state index contributed by atoms with van der Waals surface area (Å²) in [7, 11) is -26.8. The number of nitrogens with one attached hydrogen (secondary N) is 1. The van der Waals surface area contributed by atoms with Gasteiger partial charge in [-0.05, 0) is 49.9 Å². The molecular weight excluding hydrogens is 1550 g/mol. The maximum absolute atomic E-state index is 14.2. The summed E-state index contributed by atoms with van der Waals surface area (Å²) in [6.07, 6.45) is -16.6. The molecule has 1 aliphatic carbocycles. The fraction of sp³-hybridized carbons (Fsp3) is 0.604. The number of nitrogens with two attached hydrogens (primary N) is 5. The Bertz CT molecular complexity index is 4930.